The maximum atomic E-state index is 4.01. The summed E-state index contributed by atoms with van der Waals surface area (Å²) < 4.78 is 0. The van der Waals surface area contributed by atoms with E-state index >= 15 is 0 Å². The van der Waals surface area contributed by atoms with E-state index in [4.69, 9.17) is 0 Å². The molecule has 3 nitrogen and oxygen atoms in total. The van der Waals surface area contributed by atoms with E-state index in [0.29, 0.717) is 0 Å². The molecule has 1 atom stereocenters. The summed E-state index contributed by atoms with van der Waals surface area (Å²) in [7, 11) is 0. The van der Waals surface area contributed by atoms with Crippen molar-refractivity contribution in [3.63, 3.8) is 0 Å². The largest absolute Gasteiger partial charge is 0.268 e. The third-order valence-electron chi connectivity index (χ3n) is 1.57. The van der Waals surface area contributed by atoms with Crippen LogP contribution in [-0.4, -0.2) is 5.54 Å². The molecule has 0 saturated heterocycles. The molecular formula is C6H11N3. The molecule has 0 saturated carbocycles. The van der Waals surface area contributed by atoms with Crippen molar-refractivity contribution in [2.45, 2.75) is 25.8 Å². The fraction of sp³-hybridized carbons (Fsp3) is 0.667. The molecule has 0 aliphatic carbocycles. The average Bonchev–Trinajstić information content (AvgIpc) is 1.90. The molecule has 1 rings (SSSR count). The van der Waals surface area contributed by atoms with Crippen LogP contribution in [0.4, 0.5) is 0 Å². The maximum absolute atomic E-state index is 4.01. The van der Waals surface area contributed by atoms with Gasteiger partial charge in [0.25, 0.3) is 0 Å². The molecule has 1 unspecified atom stereocenters. The molecule has 0 bridgehead atoms. The molecule has 50 valence electrons. The maximum Gasteiger partial charge on any atom is 0.100 e. The molecular weight excluding hydrogens is 114 g/mol. The van der Waals surface area contributed by atoms with Gasteiger partial charge in [0.1, 0.15) is 5.54 Å². The summed E-state index contributed by atoms with van der Waals surface area (Å²) in [5, 5.41) is 7.70. The lowest BCUT2D eigenvalue weighted by Gasteiger charge is -2.18. The van der Waals surface area contributed by atoms with E-state index in [-0.39, 0.29) is 5.54 Å². The Kier molecular flexibility index (Phi) is 1.51. The zero-order chi connectivity index (χ0) is 6.74. The highest BCUT2D eigenvalue weighted by molar-refractivity contribution is 5.03. The molecule has 1 heterocycles. The first kappa shape index (κ1) is 6.26. The second-order valence-electron chi connectivity index (χ2n) is 2.37. The first-order valence-corrected chi connectivity index (χ1v) is 3.12. The molecule has 0 fully saturated rings. The standard InChI is InChI=1S/C6H11N3/c1-3-6(2)4-5-7-9-8-6/h4-5H,3H2,1-2H3,(H,7,8). The predicted molar refractivity (Wildman–Crippen MR) is 35.8 cm³/mol. The van der Waals surface area contributed by atoms with E-state index in [0.717, 1.165) is 6.42 Å². The van der Waals surface area contributed by atoms with E-state index in [2.05, 4.69) is 22.7 Å². The van der Waals surface area contributed by atoms with E-state index in [1.54, 1.807) is 0 Å². The van der Waals surface area contributed by atoms with Gasteiger partial charge in [-0.2, -0.15) is 5.11 Å². The third-order valence-corrected chi connectivity index (χ3v) is 1.57. The Hall–Kier alpha value is -0.860. The molecule has 0 aromatic carbocycles. The average molecular weight is 125 g/mol. The normalized spacial score (nSPS) is 32.2. The molecule has 1 aliphatic heterocycles. The zero-order valence-electron chi connectivity index (χ0n) is 5.76. The first-order chi connectivity index (χ1) is 4.27. The molecule has 0 aromatic heterocycles. The van der Waals surface area contributed by atoms with Crippen LogP contribution in [0, 0.1) is 0 Å². The van der Waals surface area contributed by atoms with Gasteiger partial charge in [0, 0.05) is 6.20 Å². The smallest absolute Gasteiger partial charge is 0.100 e. The topological polar surface area (TPSA) is 36.8 Å². The van der Waals surface area contributed by atoms with Gasteiger partial charge in [-0.3, -0.25) is 5.43 Å². The van der Waals surface area contributed by atoms with Crippen molar-refractivity contribution in [2.24, 2.45) is 10.3 Å². The van der Waals surface area contributed by atoms with Crippen molar-refractivity contribution < 1.29 is 0 Å². The first-order valence-electron chi connectivity index (χ1n) is 3.12. The SMILES string of the molecule is CCC1(C)C=CNN=N1. The molecule has 0 radical (unpaired) electrons. The summed E-state index contributed by atoms with van der Waals surface area (Å²) in [4.78, 5) is 0. The number of rotatable bonds is 1. The van der Waals surface area contributed by atoms with Crippen LogP contribution in [0.15, 0.2) is 22.6 Å². The van der Waals surface area contributed by atoms with Crippen LogP contribution in [0.1, 0.15) is 20.3 Å². The second kappa shape index (κ2) is 2.17. The van der Waals surface area contributed by atoms with Gasteiger partial charge in [-0.05, 0) is 19.4 Å². The Morgan fingerprint density at radius 1 is 1.67 bits per heavy atom. The number of hydrogen-bond acceptors (Lipinski definition) is 3. The van der Waals surface area contributed by atoms with E-state index in [9.17, 15) is 0 Å². The lowest BCUT2D eigenvalue weighted by molar-refractivity contribution is 0.498. The van der Waals surface area contributed by atoms with Crippen LogP contribution in [-0.2, 0) is 0 Å². The van der Waals surface area contributed by atoms with Gasteiger partial charge in [-0.15, -0.1) is 0 Å². The lowest BCUT2D eigenvalue weighted by atomic mass is 10.0. The van der Waals surface area contributed by atoms with Crippen LogP contribution in [0.2, 0.25) is 0 Å². The Morgan fingerprint density at radius 2 is 2.44 bits per heavy atom. The fourth-order valence-electron chi connectivity index (χ4n) is 0.615. The zero-order valence-corrected chi connectivity index (χ0v) is 5.76. The van der Waals surface area contributed by atoms with Crippen LogP contribution < -0.4 is 5.43 Å². The van der Waals surface area contributed by atoms with Gasteiger partial charge in [0.15, 0.2) is 0 Å². The number of nitrogens with zero attached hydrogens (tertiary/aromatic N) is 2. The van der Waals surface area contributed by atoms with Gasteiger partial charge in [-0.25, -0.2) is 0 Å². The van der Waals surface area contributed by atoms with Crippen molar-refractivity contribution >= 4 is 0 Å². The third kappa shape index (κ3) is 1.28. The monoisotopic (exact) mass is 125 g/mol. The number of nitrogens with one attached hydrogen (secondary N) is 1. The Labute approximate surface area is 54.8 Å². The molecule has 3 heteroatoms. The van der Waals surface area contributed by atoms with Crippen LogP contribution in [0.5, 0.6) is 0 Å². The summed E-state index contributed by atoms with van der Waals surface area (Å²) in [6.45, 7) is 4.14. The molecule has 1 aliphatic rings. The van der Waals surface area contributed by atoms with Gasteiger partial charge < -0.3 is 0 Å². The molecule has 1 N–H and O–H groups in total. The minimum Gasteiger partial charge on any atom is -0.268 e. The lowest BCUT2D eigenvalue weighted by Crippen LogP contribution is -2.20. The Bertz CT molecular complexity index is 136. The minimum absolute atomic E-state index is 0.0642. The van der Waals surface area contributed by atoms with Crippen LogP contribution in [0.25, 0.3) is 0 Å². The second-order valence-corrected chi connectivity index (χ2v) is 2.37. The molecule has 0 spiro atoms. The van der Waals surface area contributed by atoms with Crippen molar-refractivity contribution in [1.29, 1.82) is 0 Å². The minimum atomic E-state index is -0.0642. The van der Waals surface area contributed by atoms with Crippen LogP contribution >= 0.6 is 0 Å². The predicted octanol–water partition coefficient (Wildman–Crippen LogP) is 1.64. The highest BCUT2D eigenvalue weighted by atomic mass is 15.4. The van der Waals surface area contributed by atoms with Gasteiger partial charge in [0.2, 0.25) is 0 Å². The fourth-order valence-corrected chi connectivity index (χ4v) is 0.615. The van der Waals surface area contributed by atoms with Gasteiger partial charge >= 0.3 is 0 Å². The molecule has 0 aromatic rings. The van der Waals surface area contributed by atoms with Crippen molar-refractivity contribution in [3.8, 4) is 0 Å². The summed E-state index contributed by atoms with van der Waals surface area (Å²) in [5.74, 6) is 0. The number of hydrogen-bond donors (Lipinski definition) is 1. The van der Waals surface area contributed by atoms with E-state index in [1.807, 2.05) is 19.2 Å². The summed E-state index contributed by atoms with van der Waals surface area (Å²) >= 11 is 0. The molecule has 0 amide bonds. The van der Waals surface area contributed by atoms with Crippen LogP contribution in [0.3, 0.4) is 0 Å². The van der Waals surface area contributed by atoms with Gasteiger partial charge in [0.05, 0.1) is 0 Å². The highest BCUT2D eigenvalue weighted by Gasteiger charge is 2.18. The van der Waals surface area contributed by atoms with Crippen molar-refractivity contribution in [3.05, 3.63) is 12.3 Å². The highest BCUT2D eigenvalue weighted by Crippen LogP contribution is 2.18. The van der Waals surface area contributed by atoms with E-state index < -0.39 is 0 Å². The van der Waals surface area contributed by atoms with Gasteiger partial charge in [-0.1, -0.05) is 12.1 Å². The van der Waals surface area contributed by atoms with Crippen molar-refractivity contribution in [1.82, 2.24) is 5.43 Å². The van der Waals surface area contributed by atoms with E-state index in [1.165, 1.54) is 0 Å². The Balaban J connectivity index is 2.67. The van der Waals surface area contributed by atoms with Crippen molar-refractivity contribution in [2.75, 3.05) is 0 Å². The summed E-state index contributed by atoms with van der Waals surface area (Å²) in [5.41, 5.74) is 2.59. The molecule has 9 heavy (non-hydrogen) atoms. The summed E-state index contributed by atoms with van der Waals surface area (Å²) in [6.07, 6.45) is 4.82. The Morgan fingerprint density at radius 3 is 2.78 bits per heavy atom. The summed E-state index contributed by atoms with van der Waals surface area (Å²) in [6, 6.07) is 0. The quantitative estimate of drug-likeness (QED) is 0.568.